The molecular weight excluding hydrogens is 641 g/mol. The predicted molar refractivity (Wildman–Crippen MR) is 156 cm³/mol. The Kier molecular flexibility index (Phi) is 7.50. The van der Waals surface area contributed by atoms with Crippen LogP contribution in [0.1, 0.15) is 22.3 Å². The molecule has 210 valence electrons. The third-order valence-electron chi connectivity index (χ3n) is 7.55. The van der Waals surface area contributed by atoms with E-state index in [2.05, 4.69) is 0 Å². The van der Waals surface area contributed by atoms with Crippen LogP contribution in [0, 0.1) is 56.8 Å². The van der Waals surface area contributed by atoms with Gasteiger partial charge in [-0.25, -0.2) is 0 Å². The molecule has 0 aromatic heterocycles. The summed E-state index contributed by atoms with van der Waals surface area (Å²) in [6.45, 7) is 7.62. The van der Waals surface area contributed by atoms with Gasteiger partial charge in [-0.1, -0.05) is 0 Å². The predicted octanol–water partition coefficient (Wildman–Crippen LogP) is 6.52. The number of rotatable bonds is 6. The maximum atomic E-state index is 15.6. The van der Waals surface area contributed by atoms with Gasteiger partial charge in [-0.05, 0) is 0 Å². The van der Waals surface area contributed by atoms with Crippen molar-refractivity contribution in [2.75, 3.05) is 0 Å². The summed E-state index contributed by atoms with van der Waals surface area (Å²) in [5, 5.41) is 0. The molecule has 0 aliphatic heterocycles. The van der Waals surface area contributed by atoms with Crippen LogP contribution in [-0.2, 0) is 0 Å². The van der Waals surface area contributed by atoms with Crippen LogP contribution in [0.25, 0.3) is 0 Å². The fourth-order valence-electron chi connectivity index (χ4n) is 5.27. The van der Waals surface area contributed by atoms with Crippen molar-refractivity contribution in [1.82, 2.24) is 0 Å². The van der Waals surface area contributed by atoms with Crippen molar-refractivity contribution in [3.8, 4) is 5.75 Å². The van der Waals surface area contributed by atoms with Crippen molar-refractivity contribution < 1.29 is 25.0 Å². The first-order valence-corrected chi connectivity index (χ1v) is 19.2. The average molecular weight is 669 g/mol. The first-order chi connectivity index (χ1) is 19.5. The summed E-state index contributed by atoms with van der Waals surface area (Å²) in [7, 11) is 0. The van der Waals surface area contributed by atoms with Gasteiger partial charge >= 0.3 is 239 Å². The first-order valence-electron chi connectivity index (χ1n) is 13.0. The van der Waals surface area contributed by atoms with E-state index >= 15 is 8.78 Å². The van der Waals surface area contributed by atoms with Gasteiger partial charge in [0.2, 0.25) is 0 Å². The van der Waals surface area contributed by atoms with Crippen molar-refractivity contribution in [3.63, 3.8) is 0 Å². The second kappa shape index (κ2) is 10.6. The van der Waals surface area contributed by atoms with E-state index in [4.69, 9.17) is 3.02 Å². The molecule has 41 heavy (non-hydrogen) atoms. The first kappa shape index (κ1) is 28.9. The Morgan fingerprint density at radius 2 is 0.585 bits per heavy atom. The molecule has 0 atom stereocenters. The Morgan fingerprint density at radius 3 is 0.829 bits per heavy atom. The molecular formula is C34H28F5OSb. The molecule has 0 N–H and O–H groups in total. The fraction of sp³-hybridized carbons (Fsp3) is 0.118. The van der Waals surface area contributed by atoms with E-state index in [-0.39, 0.29) is 0 Å². The molecule has 0 radical (unpaired) electrons. The summed E-state index contributed by atoms with van der Waals surface area (Å²) in [6.07, 6.45) is 0. The second-order valence-corrected chi connectivity index (χ2v) is 22.7. The third-order valence-corrected chi connectivity index (χ3v) is 23.8. The summed E-state index contributed by atoms with van der Waals surface area (Å²) in [5.41, 5.74) is 3.71. The number of halogens is 5. The minimum absolute atomic E-state index is 0.601. The standard InChI is InChI=1S/4C7H7.C6HF5O.Sb/c4*1-7-5-3-2-4-6-7;7-1-2(8)4(10)6(12)5(11)3(1)9;/h4*3-6H,1H3;12H;/q;;;;;+1/p-1. The molecule has 0 aliphatic rings. The van der Waals surface area contributed by atoms with Gasteiger partial charge in [-0.3, -0.25) is 0 Å². The van der Waals surface area contributed by atoms with E-state index in [0.29, 0.717) is 14.0 Å². The van der Waals surface area contributed by atoms with Gasteiger partial charge in [0.1, 0.15) is 0 Å². The summed E-state index contributed by atoms with van der Waals surface area (Å²) in [6, 6.07) is 29.6. The summed E-state index contributed by atoms with van der Waals surface area (Å²) >= 11 is -6.04. The quantitative estimate of drug-likeness (QED) is 0.0867. The summed E-state index contributed by atoms with van der Waals surface area (Å²) in [4.78, 5) is 0. The summed E-state index contributed by atoms with van der Waals surface area (Å²) < 4.78 is 84.0. The Hall–Kier alpha value is -3.63. The van der Waals surface area contributed by atoms with Gasteiger partial charge in [-0.2, -0.15) is 0 Å². The number of hydrogen-bond donors (Lipinski definition) is 0. The molecule has 0 saturated carbocycles. The molecule has 5 aromatic rings. The molecule has 0 bridgehead atoms. The zero-order valence-corrected chi connectivity index (χ0v) is 25.5. The van der Waals surface area contributed by atoms with Gasteiger partial charge in [0, 0.05) is 0 Å². The maximum absolute atomic E-state index is 15.6. The topological polar surface area (TPSA) is 9.23 Å². The Balaban J connectivity index is 2.10. The monoisotopic (exact) mass is 668 g/mol. The molecule has 1 nitrogen and oxygen atoms in total. The SMILES string of the molecule is Cc1cc[c]([Sb]([O]c2c(F)c(F)c(F)c(F)c2F)([c]2ccc(C)cc2)([c]2ccc(C)cc2)[c]2ccc(C)cc2)cc1. The van der Waals surface area contributed by atoms with Crippen LogP contribution in [0.5, 0.6) is 5.75 Å². The number of benzene rings is 5. The van der Waals surface area contributed by atoms with Gasteiger partial charge in [0.15, 0.2) is 0 Å². The molecule has 5 aromatic carbocycles. The van der Waals surface area contributed by atoms with Crippen LogP contribution in [-0.4, -0.2) is 17.8 Å². The molecule has 0 fully saturated rings. The normalized spacial score (nSPS) is 12.6. The summed E-state index contributed by atoms with van der Waals surface area (Å²) in [5.74, 6) is -11.7. The van der Waals surface area contributed by atoms with Crippen LogP contribution >= 0.6 is 0 Å². The molecule has 0 saturated heterocycles. The molecule has 0 unspecified atom stereocenters. The molecule has 5 rings (SSSR count). The van der Waals surface area contributed by atoms with Crippen LogP contribution in [0.3, 0.4) is 0 Å². The van der Waals surface area contributed by atoms with E-state index in [9.17, 15) is 13.2 Å². The second-order valence-electron chi connectivity index (χ2n) is 10.4. The Morgan fingerprint density at radius 1 is 0.366 bits per heavy atom. The van der Waals surface area contributed by atoms with Crippen molar-refractivity contribution in [2.24, 2.45) is 0 Å². The van der Waals surface area contributed by atoms with Crippen molar-refractivity contribution in [1.29, 1.82) is 0 Å². The fourth-order valence-corrected chi connectivity index (χ4v) is 21.3. The van der Waals surface area contributed by atoms with E-state index in [1.54, 1.807) is 0 Å². The number of aryl methyl sites for hydroxylation is 4. The van der Waals surface area contributed by atoms with E-state index in [0.717, 1.165) is 22.3 Å². The van der Waals surface area contributed by atoms with Crippen LogP contribution < -0.4 is 17.1 Å². The van der Waals surface area contributed by atoms with Crippen LogP contribution in [0.15, 0.2) is 97.1 Å². The molecule has 0 heterocycles. The van der Waals surface area contributed by atoms with Gasteiger partial charge in [0.05, 0.1) is 0 Å². The van der Waals surface area contributed by atoms with Crippen molar-refractivity contribution in [2.45, 2.75) is 27.7 Å². The minimum atomic E-state index is -6.04. The third kappa shape index (κ3) is 4.44. The number of hydrogen-bond acceptors (Lipinski definition) is 1. The molecule has 7 heteroatoms. The van der Waals surface area contributed by atoms with E-state index in [1.807, 2.05) is 125 Å². The van der Waals surface area contributed by atoms with Crippen molar-refractivity contribution >= 4 is 31.9 Å². The van der Waals surface area contributed by atoms with Crippen molar-refractivity contribution in [3.05, 3.63) is 148 Å². The average Bonchev–Trinajstić information content (AvgIpc) is 2.98. The zero-order valence-electron chi connectivity index (χ0n) is 23.0. The Bertz CT molecular complexity index is 1510. The Labute approximate surface area is 237 Å². The van der Waals surface area contributed by atoms with Gasteiger partial charge < -0.3 is 0 Å². The van der Waals surface area contributed by atoms with Gasteiger partial charge in [0.25, 0.3) is 0 Å². The molecule has 0 aliphatic carbocycles. The van der Waals surface area contributed by atoms with Crippen LogP contribution in [0.4, 0.5) is 22.0 Å². The van der Waals surface area contributed by atoms with Crippen LogP contribution in [0.2, 0.25) is 0 Å². The van der Waals surface area contributed by atoms with Gasteiger partial charge in [-0.15, -0.1) is 0 Å². The molecule has 0 spiro atoms. The zero-order chi connectivity index (χ0) is 29.6. The van der Waals surface area contributed by atoms with E-state index < -0.39 is 52.7 Å². The molecule has 0 amide bonds. The van der Waals surface area contributed by atoms with E-state index in [1.165, 1.54) is 0 Å².